The van der Waals surface area contributed by atoms with E-state index in [0.717, 1.165) is 25.6 Å². The first-order valence-electron chi connectivity index (χ1n) is 5.62. The SMILES string of the molecule is Brc1sc(-c2ccccc2)nc1-c1ccccc1. The highest BCUT2D eigenvalue weighted by Gasteiger charge is 2.11. The van der Waals surface area contributed by atoms with Crippen molar-refractivity contribution in [1.29, 1.82) is 0 Å². The number of hydrogen-bond acceptors (Lipinski definition) is 2. The summed E-state index contributed by atoms with van der Waals surface area (Å²) >= 11 is 5.27. The van der Waals surface area contributed by atoms with Crippen molar-refractivity contribution < 1.29 is 0 Å². The maximum absolute atomic E-state index is 4.72. The second kappa shape index (κ2) is 5.04. The maximum Gasteiger partial charge on any atom is 0.125 e. The number of benzene rings is 2. The lowest BCUT2D eigenvalue weighted by Gasteiger charge is -1.96. The van der Waals surface area contributed by atoms with Crippen LogP contribution in [0.2, 0.25) is 0 Å². The molecule has 0 saturated heterocycles. The van der Waals surface area contributed by atoms with Crippen LogP contribution < -0.4 is 0 Å². The summed E-state index contributed by atoms with van der Waals surface area (Å²) in [6.07, 6.45) is 0. The molecule has 3 rings (SSSR count). The average molecular weight is 316 g/mol. The van der Waals surface area contributed by atoms with E-state index in [4.69, 9.17) is 4.98 Å². The van der Waals surface area contributed by atoms with Crippen molar-refractivity contribution in [2.24, 2.45) is 0 Å². The summed E-state index contributed by atoms with van der Waals surface area (Å²) in [6, 6.07) is 20.5. The third-order valence-electron chi connectivity index (χ3n) is 2.65. The Balaban J connectivity index is 2.07. The first kappa shape index (κ1) is 11.6. The Morgan fingerprint density at radius 3 is 1.94 bits per heavy atom. The zero-order valence-corrected chi connectivity index (χ0v) is 11.9. The van der Waals surface area contributed by atoms with Gasteiger partial charge in [-0.1, -0.05) is 60.7 Å². The van der Waals surface area contributed by atoms with E-state index in [1.165, 1.54) is 0 Å². The van der Waals surface area contributed by atoms with Gasteiger partial charge in [0.05, 0.1) is 9.48 Å². The largest absolute Gasteiger partial charge is 0.235 e. The molecule has 0 atom stereocenters. The fourth-order valence-corrected chi connectivity index (χ4v) is 3.38. The van der Waals surface area contributed by atoms with Crippen LogP contribution in [-0.2, 0) is 0 Å². The first-order valence-corrected chi connectivity index (χ1v) is 7.23. The summed E-state index contributed by atoms with van der Waals surface area (Å²) in [7, 11) is 0. The van der Waals surface area contributed by atoms with Crippen LogP contribution in [0.5, 0.6) is 0 Å². The lowest BCUT2D eigenvalue weighted by Crippen LogP contribution is -1.79. The minimum absolute atomic E-state index is 1.01. The van der Waals surface area contributed by atoms with Crippen LogP contribution in [0.25, 0.3) is 21.8 Å². The summed E-state index contributed by atoms with van der Waals surface area (Å²) < 4.78 is 1.08. The zero-order valence-electron chi connectivity index (χ0n) is 9.51. The zero-order chi connectivity index (χ0) is 12.4. The fraction of sp³-hybridized carbons (Fsp3) is 0. The summed E-state index contributed by atoms with van der Waals surface area (Å²) in [5.41, 5.74) is 3.31. The minimum Gasteiger partial charge on any atom is -0.235 e. The molecular formula is C15H10BrNS. The van der Waals surface area contributed by atoms with Crippen LogP contribution in [0.15, 0.2) is 64.5 Å². The highest BCUT2D eigenvalue weighted by atomic mass is 79.9. The van der Waals surface area contributed by atoms with Crippen LogP contribution >= 0.6 is 27.3 Å². The van der Waals surface area contributed by atoms with E-state index in [9.17, 15) is 0 Å². The molecule has 2 aromatic carbocycles. The van der Waals surface area contributed by atoms with Gasteiger partial charge in [0.1, 0.15) is 5.01 Å². The second-order valence-electron chi connectivity index (χ2n) is 3.87. The highest BCUT2D eigenvalue weighted by molar-refractivity contribution is 9.11. The van der Waals surface area contributed by atoms with Crippen molar-refractivity contribution in [3.8, 4) is 21.8 Å². The number of aromatic nitrogens is 1. The monoisotopic (exact) mass is 315 g/mol. The second-order valence-corrected chi connectivity index (χ2v) is 6.19. The third-order valence-corrected chi connectivity index (χ3v) is 4.41. The van der Waals surface area contributed by atoms with Gasteiger partial charge in [0.15, 0.2) is 0 Å². The topological polar surface area (TPSA) is 12.9 Å². The van der Waals surface area contributed by atoms with Crippen molar-refractivity contribution in [3.63, 3.8) is 0 Å². The standard InChI is InChI=1S/C15H10BrNS/c16-14-13(11-7-3-1-4-8-11)17-15(18-14)12-9-5-2-6-10-12/h1-10H. The Bertz CT molecular complexity index is 647. The average Bonchev–Trinajstić information content (AvgIpc) is 2.83. The number of thiazole rings is 1. The predicted molar refractivity (Wildman–Crippen MR) is 80.7 cm³/mol. The Morgan fingerprint density at radius 1 is 0.778 bits per heavy atom. The molecule has 1 aromatic heterocycles. The summed E-state index contributed by atoms with van der Waals surface area (Å²) in [5, 5.41) is 1.04. The lowest BCUT2D eigenvalue weighted by molar-refractivity contribution is 1.39. The lowest BCUT2D eigenvalue weighted by atomic mass is 10.2. The molecule has 0 fully saturated rings. The van der Waals surface area contributed by atoms with E-state index < -0.39 is 0 Å². The van der Waals surface area contributed by atoms with Gasteiger partial charge >= 0.3 is 0 Å². The molecular weight excluding hydrogens is 306 g/mol. The van der Waals surface area contributed by atoms with Gasteiger partial charge in [-0.25, -0.2) is 4.98 Å². The van der Waals surface area contributed by atoms with E-state index in [-0.39, 0.29) is 0 Å². The smallest absolute Gasteiger partial charge is 0.125 e. The Kier molecular flexibility index (Phi) is 3.26. The normalized spacial score (nSPS) is 10.5. The molecule has 0 saturated carbocycles. The van der Waals surface area contributed by atoms with Crippen molar-refractivity contribution in [3.05, 3.63) is 64.5 Å². The van der Waals surface area contributed by atoms with Gasteiger partial charge in [-0.2, -0.15) is 0 Å². The molecule has 3 aromatic rings. The molecule has 0 radical (unpaired) electrons. The van der Waals surface area contributed by atoms with Gasteiger partial charge in [-0.15, -0.1) is 11.3 Å². The summed E-state index contributed by atoms with van der Waals surface area (Å²) in [5.74, 6) is 0. The van der Waals surface area contributed by atoms with E-state index in [0.29, 0.717) is 0 Å². The maximum atomic E-state index is 4.72. The highest BCUT2D eigenvalue weighted by Crippen LogP contribution is 2.37. The molecule has 0 aliphatic rings. The van der Waals surface area contributed by atoms with Crippen molar-refractivity contribution in [1.82, 2.24) is 4.98 Å². The number of halogens is 1. The van der Waals surface area contributed by atoms with Gasteiger partial charge in [-0.3, -0.25) is 0 Å². The quantitative estimate of drug-likeness (QED) is 0.630. The van der Waals surface area contributed by atoms with Gasteiger partial charge < -0.3 is 0 Å². The first-order chi connectivity index (χ1) is 8.84. The number of rotatable bonds is 2. The Morgan fingerprint density at radius 2 is 1.33 bits per heavy atom. The molecule has 1 heterocycles. The van der Waals surface area contributed by atoms with Crippen LogP contribution in [-0.4, -0.2) is 4.98 Å². The minimum atomic E-state index is 1.01. The van der Waals surface area contributed by atoms with Crippen LogP contribution in [0, 0.1) is 0 Å². The van der Waals surface area contributed by atoms with E-state index in [1.54, 1.807) is 11.3 Å². The van der Waals surface area contributed by atoms with Crippen LogP contribution in [0.1, 0.15) is 0 Å². The number of nitrogens with zero attached hydrogens (tertiary/aromatic N) is 1. The molecule has 1 nitrogen and oxygen atoms in total. The predicted octanol–water partition coefficient (Wildman–Crippen LogP) is 5.24. The van der Waals surface area contributed by atoms with E-state index >= 15 is 0 Å². The molecule has 88 valence electrons. The molecule has 0 unspecified atom stereocenters. The third kappa shape index (κ3) is 2.24. The Labute approximate surface area is 118 Å². The summed E-state index contributed by atoms with van der Waals surface area (Å²) in [4.78, 5) is 4.72. The molecule has 18 heavy (non-hydrogen) atoms. The summed E-state index contributed by atoms with van der Waals surface area (Å²) in [6.45, 7) is 0. The molecule has 0 N–H and O–H groups in total. The molecule has 0 amide bonds. The molecule has 3 heteroatoms. The van der Waals surface area contributed by atoms with E-state index in [2.05, 4.69) is 40.2 Å². The van der Waals surface area contributed by atoms with Gasteiger partial charge in [0, 0.05) is 11.1 Å². The Hall–Kier alpha value is -1.45. The number of hydrogen-bond donors (Lipinski definition) is 0. The molecule has 0 bridgehead atoms. The van der Waals surface area contributed by atoms with Crippen molar-refractivity contribution in [2.75, 3.05) is 0 Å². The fourth-order valence-electron chi connectivity index (χ4n) is 1.78. The van der Waals surface area contributed by atoms with E-state index in [1.807, 2.05) is 36.4 Å². The van der Waals surface area contributed by atoms with Crippen molar-refractivity contribution >= 4 is 27.3 Å². The van der Waals surface area contributed by atoms with Crippen molar-refractivity contribution in [2.45, 2.75) is 0 Å². The van der Waals surface area contributed by atoms with Gasteiger partial charge in [-0.05, 0) is 15.9 Å². The molecule has 0 aliphatic carbocycles. The van der Waals surface area contributed by atoms with Gasteiger partial charge in [0.2, 0.25) is 0 Å². The van der Waals surface area contributed by atoms with Crippen LogP contribution in [0.4, 0.5) is 0 Å². The van der Waals surface area contributed by atoms with Gasteiger partial charge in [0.25, 0.3) is 0 Å². The molecule has 0 spiro atoms. The van der Waals surface area contributed by atoms with Crippen LogP contribution in [0.3, 0.4) is 0 Å². The molecule has 0 aliphatic heterocycles.